The number of methoxy groups -OCH3 is 1. The summed E-state index contributed by atoms with van der Waals surface area (Å²) in [4.78, 5) is 12.3. The van der Waals surface area contributed by atoms with Gasteiger partial charge in [0.25, 0.3) is 0 Å². The molecule has 0 aliphatic heterocycles. The first-order chi connectivity index (χ1) is 12.7. The van der Waals surface area contributed by atoms with E-state index in [0.717, 1.165) is 11.0 Å². The Kier molecular flexibility index (Phi) is 5.09. The van der Waals surface area contributed by atoms with Crippen molar-refractivity contribution in [3.05, 3.63) is 29.0 Å². The molecule has 26 heavy (non-hydrogen) atoms. The van der Waals surface area contributed by atoms with E-state index in [-0.39, 0.29) is 5.91 Å². The highest BCUT2D eigenvalue weighted by molar-refractivity contribution is 7.99. The predicted molar refractivity (Wildman–Crippen MR) is 102 cm³/mol. The number of carbonyl (C=O) groups is 1. The molecule has 2 aliphatic rings. The van der Waals surface area contributed by atoms with Crippen molar-refractivity contribution >= 4 is 35.0 Å². The zero-order valence-corrected chi connectivity index (χ0v) is 16.1. The van der Waals surface area contributed by atoms with Crippen LogP contribution in [0.3, 0.4) is 0 Å². The van der Waals surface area contributed by atoms with Gasteiger partial charge in [0.1, 0.15) is 11.6 Å². The number of benzene rings is 1. The lowest BCUT2D eigenvalue weighted by atomic mass is 10.3. The molecule has 1 N–H and O–H groups in total. The summed E-state index contributed by atoms with van der Waals surface area (Å²) in [5.74, 6) is 2.92. The molecule has 0 saturated heterocycles. The van der Waals surface area contributed by atoms with Gasteiger partial charge in [0.2, 0.25) is 5.91 Å². The smallest absolute Gasteiger partial charge is 0.225 e. The van der Waals surface area contributed by atoms with Crippen LogP contribution in [0.15, 0.2) is 23.4 Å². The average molecular weight is 393 g/mol. The topological polar surface area (TPSA) is 69.0 Å². The molecule has 2 fully saturated rings. The molecule has 2 aliphatic carbocycles. The first-order valence-electron chi connectivity index (χ1n) is 8.86. The van der Waals surface area contributed by atoms with Crippen LogP contribution in [0.4, 0.5) is 5.69 Å². The van der Waals surface area contributed by atoms with E-state index < -0.39 is 0 Å². The van der Waals surface area contributed by atoms with Gasteiger partial charge in [0.15, 0.2) is 5.16 Å². The van der Waals surface area contributed by atoms with Gasteiger partial charge in [-0.15, -0.1) is 10.2 Å². The van der Waals surface area contributed by atoms with E-state index >= 15 is 0 Å². The molecule has 6 nitrogen and oxygen atoms in total. The second kappa shape index (κ2) is 7.48. The molecule has 138 valence electrons. The number of rotatable bonds is 8. The molecular weight excluding hydrogens is 372 g/mol. The number of nitrogens with one attached hydrogen (secondary N) is 1. The SMILES string of the molecule is COc1ccc(Cl)cc1NC(=O)CCSc1nnc(C2CC2)n1C1CC1. The minimum atomic E-state index is -0.0713. The van der Waals surface area contributed by atoms with Gasteiger partial charge in [0.05, 0.1) is 12.8 Å². The van der Waals surface area contributed by atoms with Crippen LogP contribution in [-0.4, -0.2) is 33.5 Å². The largest absolute Gasteiger partial charge is 0.495 e. The number of nitrogens with zero attached hydrogens (tertiary/aromatic N) is 3. The molecule has 0 atom stereocenters. The van der Waals surface area contributed by atoms with Crippen LogP contribution in [0.2, 0.25) is 5.02 Å². The zero-order valence-electron chi connectivity index (χ0n) is 14.6. The van der Waals surface area contributed by atoms with Crippen molar-refractivity contribution in [2.24, 2.45) is 0 Å². The maximum Gasteiger partial charge on any atom is 0.225 e. The van der Waals surface area contributed by atoms with Crippen LogP contribution < -0.4 is 10.1 Å². The maximum atomic E-state index is 12.3. The van der Waals surface area contributed by atoms with E-state index in [1.807, 2.05) is 0 Å². The van der Waals surface area contributed by atoms with Gasteiger partial charge in [-0.2, -0.15) is 0 Å². The highest BCUT2D eigenvalue weighted by Crippen LogP contribution is 2.46. The third kappa shape index (κ3) is 3.99. The molecule has 2 saturated carbocycles. The molecule has 2 aromatic rings. The van der Waals surface area contributed by atoms with Crippen LogP contribution in [0.5, 0.6) is 5.75 Å². The van der Waals surface area contributed by atoms with Crippen molar-refractivity contribution < 1.29 is 9.53 Å². The van der Waals surface area contributed by atoms with Gasteiger partial charge in [-0.25, -0.2) is 0 Å². The molecule has 0 radical (unpaired) electrons. The fourth-order valence-corrected chi connectivity index (χ4v) is 4.03. The summed E-state index contributed by atoms with van der Waals surface area (Å²) in [7, 11) is 1.57. The Labute approximate surface area is 161 Å². The summed E-state index contributed by atoms with van der Waals surface area (Å²) in [5, 5.41) is 13.1. The number of anilines is 1. The molecule has 0 unspecified atom stereocenters. The van der Waals surface area contributed by atoms with Crippen molar-refractivity contribution in [3.63, 3.8) is 0 Å². The van der Waals surface area contributed by atoms with E-state index in [1.165, 1.54) is 25.7 Å². The molecule has 1 amide bonds. The van der Waals surface area contributed by atoms with Crippen LogP contribution in [0.25, 0.3) is 0 Å². The third-order valence-electron chi connectivity index (χ3n) is 4.54. The van der Waals surface area contributed by atoms with Crippen molar-refractivity contribution in [1.82, 2.24) is 14.8 Å². The van der Waals surface area contributed by atoms with Crippen LogP contribution in [-0.2, 0) is 4.79 Å². The molecule has 8 heteroatoms. The number of halogens is 1. The van der Waals surface area contributed by atoms with Crippen molar-refractivity contribution in [2.45, 2.75) is 49.2 Å². The summed E-state index contributed by atoms with van der Waals surface area (Å²) in [6.07, 6.45) is 5.25. The van der Waals surface area contributed by atoms with Crippen LogP contribution >= 0.6 is 23.4 Å². The molecule has 0 spiro atoms. The quantitative estimate of drug-likeness (QED) is 0.679. The van der Waals surface area contributed by atoms with Gasteiger partial charge in [-0.1, -0.05) is 23.4 Å². The molecule has 1 aromatic carbocycles. The summed E-state index contributed by atoms with van der Waals surface area (Å²) in [5.41, 5.74) is 0.590. The summed E-state index contributed by atoms with van der Waals surface area (Å²) in [6.45, 7) is 0. The summed E-state index contributed by atoms with van der Waals surface area (Å²) in [6, 6.07) is 5.72. The van der Waals surface area contributed by atoms with E-state index in [0.29, 0.717) is 40.6 Å². The standard InChI is InChI=1S/C18H21ClN4O2S/c1-25-15-7-4-12(19)10-14(15)20-16(24)8-9-26-18-22-21-17(11-2-3-11)23(18)13-5-6-13/h4,7,10-11,13H,2-3,5-6,8-9H2,1H3,(H,20,24). The number of hydrogen-bond acceptors (Lipinski definition) is 5. The fraction of sp³-hybridized carbons (Fsp3) is 0.500. The first-order valence-corrected chi connectivity index (χ1v) is 10.2. The Hall–Kier alpha value is -1.73. The van der Waals surface area contributed by atoms with Crippen molar-refractivity contribution in [2.75, 3.05) is 18.2 Å². The normalized spacial score (nSPS) is 16.5. The number of aromatic nitrogens is 3. The average Bonchev–Trinajstić information content (AvgIpc) is 3.54. The van der Waals surface area contributed by atoms with E-state index in [4.69, 9.17) is 16.3 Å². The Morgan fingerprint density at radius 3 is 2.85 bits per heavy atom. The number of hydrogen-bond donors (Lipinski definition) is 1. The third-order valence-corrected chi connectivity index (χ3v) is 5.72. The maximum absolute atomic E-state index is 12.3. The minimum absolute atomic E-state index is 0.0713. The lowest BCUT2D eigenvalue weighted by Crippen LogP contribution is -2.13. The molecule has 0 bridgehead atoms. The first kappa shape index (κ1) is 17.7. The summed E-state index contributed by atoms with van der Waals surface area (Å²) < 4.78 is 7.56. The molecule has 1 heterocycles. The van der Waals surface area contributed by atoms with Crippen molar-refractivity contribution in [3.8, 4) is 5.75 Å². The summed E-state index contributed by atoms with van der Waals surface area (Å²) >= 11 is 7.60. The Bertz CT molecular complexity index is 818. The van der Waals surface area contributed by atoms with Gasteiger partial charge < -0.3 is 14.6 Å². The van der Waals surface area contributed by atoms with Gasteiger partial charge >= 0.3 is 0 Å². The highest BCUT2D eigenvalue weighted by atomic mass is 35.5. The van der Waals surface area contributed by atoms with Gasteiger partial charge in [-0.05, 0) is 43.9 Å². The predicted octanol–water partition coefficient (Wildman–Crippen LogP) is 4.27. The Morgan fingerprint density at radius 2 is 2.15 bits per heavy atom. The molecular formula is C18H21ClN4O2S. The van der Waals surface area contributed by atoms with Crippen molar-refractivity contribution in [1.29, 1.82) is 0 Å². The van der Waals surface area contributed by atoms with Crippen LogP contribution in [0, 0.1) is 0 Å². The van der Waals surface area contributed by atoms with Gasteiger partial charge in [0, 0.05) is 29.2 Å². The van der Waals surface area contributed by atoms with Gasteiger partial charge in [-0.3, -0.25) is 4.79 Å². The minimum Gasteiger partial charge on any atom is -0.495 e. The fourth-order valence-electron chi connectivity index (χ4n) is 2.91. The number of thioether (sulfide) groups is 1. The Morgan fingerprint density at radius 1 is 1.35 bits per heavy atom. The Balaban J connectivity index is 1.34. The zero-order chi connectivity index (χ0) is 18.1. The molecule has 4 rings (SSSR count). The number of carbonyl (C=O) groups excluding carboxylic acids is 1. The lowest BCUT2D eigenvalue weighted by molar-refractivity contribution is -0.115. The monoisotopic (exact) mass is 392 g/mol. The lowest BCUT2D eigenvalue weighted by Gasteiger charge is -2.11. The highest BCUT2D eigenvalue weighted by Gasteiger charge is 2.36. The van der Waals surface area contributed by atoms with E-state index in [9.17, 15) is 4.79 Å². The number of ether oxygens (including phenoxy) is 1. The molecule has 1 aromatic heterocycles. The van der Waals surface area contributed by atoms with Crippen LogP contribution in [0.1, 0.15) is 49.9 Å². The second-order valence-electron chi connectivity index (χ2n) is 6.71. The van der Waals surface area contributed by atoms with E-state index in [1.54, 1.807) is 37.1 Å². The van der Waals surface area contributed by atoms with E-state index in [2.05, 4.69) is 20.1 Å². The number of amides is 1. The second-order valence-corrected chi connectivity index (χ2v) is 8.21.